The highest BCUT2D eigenvalue weighted by Gasteiger charge is 2.40. The van der Waals surface area contributed by atoms with Gasteiger partial charge in [-0.3, -0.25) is 14.4 Å². The van der Waals surface area contributed by atoms with Crippen LogP contribution in [0.4, 0.5) is 0 Å². The van der Waals surface area contributed by atoms with Gasteiger partial charge >= 0.3 is 17.9 Å². The smallest absolute Gasteiger partial charge is 0.331 e. The molecule has 9 unspecified atom stereocenters. The molecular formula is C51H69ClN4O18. The summed E-state index contributed by atoms with van der Waals surface area (Å²) in [6.45, 7) is 11.9. The second-order valence-corrected chi connectivity index (χ2v) is 19.2. The van der Waals surface area contributed by atoms with Gasteiger partial charge in [0.25, 0.3) is 11.8 Å². The summed E-state index contributed by atoms with van der Waals surface area (Å²) in [7, 11) is 2.69. The molecule has 9 atom stereocenters. The fraction of sp³-hybridized carbons (Fsp3) is 0.588. The van der Waals surface area contributed by atoms with E-state index in [1.54, 1.807) is 26.0 Å². The predicted octanol–water partition coefficient (Wildman–Crippen LogP) is 4.52. The first-order valence-electron chi connectivity index (χ1n) is 24.3. The zero-order chi connectivity index (χ0) is 54.0. The van der Waals surface area contributed by atoms with Crippen molar-refractivity contribution in [3.63, 3.8) is 0 Å². The van der Waals surface area contributed by atoms with E-state index in [0.29, 0.717) is 25.4 Å². The molecule has 2 fully saturated rings. The van der Waals surface area contributed by atoms with Crippen LogP contribution >= 0.6 is 11.6 Å². The van der Waals surface area contributed by atoms with E-state index in [-0.39, 0.29) is 67.6 Å². The van der Waals surface area contributed by atoms with Gasteiger partial charge in [-0.05, 0) is 57.2 Å². The summed E-state index contributed by atoms with van der Waals surface area (Å²) in [5, 5.41) is 15.6. The topological polar surface area (TPSA) is 266 Å². The molecule has 22 nitrogen and oxygen atoms in total. The number of hydrogen-bond donors (Lipinski definition) is 3. The van der Waals surface area contributed by atoms with E-state index in [2.05, 4.69) is 20.6 Å². The van der Waals surface area contributed by atoms with Crippen LogP contribution in [0.25, 0.3) is 0 Å². The maximum absolute atomic E-state index is 13.6. The number of methoxy groups -OCH3 is 2. The summed E-state index contributed by atoms with van der Waals surface area (Å²) >= 11 is 7.15. The molecule has 408 valence electrons. The number of rotatable bonds is 23. The zero-order valence-corrected chi connectivity index (χ0v) is 44.0. The SMILES string of the molecule is CCCCOC1COCC(NC(=O)c2nccc(OC)c2O)C(=O)OC(C)C1OCC(C)(Cl)Cc1ccc(OC2COCC(NC(=O)c3nccc(OC)c3OCOC(C)=O)C(=O)OC(C)C2OCC(C)C)cc1. The molecular weight excluding hydrogens is 992 g/mol. The summed E-state index contributed by atoms with van der Waals surface area (Å²) in [5.74, 6) is -3.69. The van der Waals surface area contributed by atoms with Crippen LogP contribution in [0.15, 0.2) is 48.8 Å². The van der Waals surface area contributed by atoms with Crippen molar-refractivity contribution >= 4 is 41.3 Å². The summed E-state index contributed by atoms with van der Waals surface area (Å²) in [6.07, 6.45) is -0.243. The predicted molar refractivity (Wildman–Crippen MR) is 264 cm³/mol. The Morgan fingerprint density at radius 1 is 0.811 bits per heavy atom. The Morgan fingerprint density at radius 2 is 1.38 bits per heavy atom. The number of nitrogens with zero attached hydrogens (tertiary/aromatic N) is 2. The number of halogens is 1. The Bertz CT molecular complexity index is 2320. The number of aromatic hydroxyl groups is 1. The summed E-state index contributed by atoms with van der Waals surface area (Å²) in [4.78, 5) is 72.3. The van der Waals surface area contributed by atoms with Gasteiger partial charge in [0, 0.05) is 44.7 Å². The molecule has 2 aliphatic rings. The number of carbonyl (C=O) groups excluding carboxylic acids is 5. The monoisotopic (exact) mass is 1060 g/mol. The lowest BCUT2D eigenvalue weighted by Gasteiger charge is -2.33. The molecule has 2 aromatic heterocycles. The van der Waals surface area contributed by atoms with Gasteiger partial charge in [-0.15, -0.1) is 11.6 Å². The van der Waals surface area contributed by atoms with E-state index < -0.39 is 95.8 Å². The average molecular weight is 1060 g/mol. The average Bonchev–Trinajstić information content (AvgIpc) is 3.43. The molecule has 0 spiro atoms. The molecule has 1 aromatic carbocycles. The third kappa shape index (κ3) is 17.3. The van der Waals surface area contributed by atoms with Crippen molar-refractivity contribution in [1.82, 2.24) is 20.6 Å². The minimum Gasteiger partial charge on any atom is -0.503 e. The third-order valence-corrected chi connectivity index (χ3v) is 11.7. The van der Waals surface area contributed by atoms with Gasteiger partial charge in [0.1, 0.15) is 36.3 Å². The molecule has 3 N–H and O–H groups in total. The molecule has 0 saturated carbocycles. The Morgan fingerprint density at radius 3 is 1.96 bits per heavy atom. The fourth-order valence-electron chi connectivity index (χ4n) is 7.70. The lowest BCUT2D eigenvalue weighted by molar-refractivity contribution is -0.168. The minimum atomic E-state index is -1.29. The number of amides is 2. The lowest BCUT2D eigenvalue weighted by atomic mass is 10.0. The van der Waals surface area contributed by atoms with Crippen molar-refractivity contribution in [2.24, 2.45) is 5.92 Å². The second kappa shape index (κ2) is 28.6. The number of aromatic nitrogens is 2. The van der Waals surface area contributed by atoms with Crippen LogP contribution < -0.4 is 29.6 Å². The molecule has 74 heavy (non-hydrogen) atoms. The number of alkyl halides is 1. The first-order chi connectivity index (χ1) is 35.3. The third-order valence-electron chi connectivity index (χ3n) is 11.5. The number of cyclic esters (lactones) is 2. The fourth-order valence-corrected chi connectivity index (χ4v) is 7.92. The van der Waals surface area contributed by atoms with Gasteiger partial charge in [0.05, 0.1) is 52.1 Å². The molecule has 0 radical (unpaired) electrons. The van der Waals surface area contributed by atoms with E-state index in [0.717, 1.165) is 18.4 Å². The van der Waals surface area contributed by atoms with E-state index >= 15 is 0 Å². The number of esters is 3. The molecule has 0 aliphatic carbocycles. The molecule has 23 heteroatoms. The molecule has 3 aromatic rings. The summed E-state index contributed by atoms with van der Waals surface area (Å²) in [6, 6.07) is 7.55. The van der Waals surface area contributed by atoms with E-state index in [4.69, 9.17) is 68.4 Å². The maximum atomic E-state index is 13.6. The van der Waals surface area contributed by atoms with E-state index in [1.165, 1.54) is 45.7 Å². The van der Waals surface area contributed by atoms with Crippen LogP contribution in [0.5, 0.6) is 28.7 Å². The van der Waals surface area contributed by atoms with Crippen LogP contribution in [-0.4, -0.2) is 166 Å². The van der Waals surface area contributed by atoms with Crippen LogP contribution in [0, 0.1) is 5.92 Å². The Balaban J connectivity index is 1.24. The minimum absolute atomic E-state index is 0.00136. The quantitative estimate of drug-likeness (QED) is 0.0387. The van der Waals surface area contributed by atoms with Crippen molar-refractivity contribution in [3.8, 4) is 28.7 Å². The van der Waals surface area contributed by atoms with Gasteiger partial charge in [0.15, 0.2) is 52.6 Å². The molecule has 4 heterocycles. The van der Waals surface area contributed by atoms with Gasteiger partial charge in [-0.2, -0.15) is 0 Å². The van der Waals surface area contributed by atoms with Gasteiger partial charge in [0.2, 0.25) is 6.79 Å². The second-order valence-electron chi connectivity index (χ2n) is 18.3. The molecule has 2 saturated heterocycles. The van der Waals surface area contributed by atoms with E-state index in [1.807, 2.05) is 39.8 Å². The van der Waals surface area contributed by atoms with Crippen LogP contribution in [0.2, 0.25) is 0 Å². The number of ether oxygens (including phenoxy) is 12. The van der Waals surface area contributed by atoms with Gasteiger partial charge in [-0.25, -0.2) is 19.6 Å². The Hall–Kier alpha value is -6.04. The highest BCUT2D eigenvalue weighted by atomic mass is 35.5. The van der Waals surface area contributed by atoms with Crippen LogP contribution in [0.1, 0.15) is 87.8 Å². The van der Waals surface area contributed by atoms with Crippen LogP contribution in [-0.2, 0) is 58.7 Å². The van der Waals surface area contributed by atoms with Crippen LogP contribution in [0.3, 0.4) is 0 Å². The number of pyridine rings is 2. The van der Waals surface area contributed by atoms with Gasteiger partial charge in [-0.1, -0.05) is 39.3 Å². The lowest BCUT2D eigenvalue weighted by Crippen LogP contribution is -2.48. The van der Waals surface area contributed by atoms with Crippen molar-refractivity contribution < 1.29 is 85.9 Å². The largest absolute Gasteiger partial charge is 0.503 e. The normalized spacial score (nSPS) is 23.4. The highest BCUT2D eigenvalue weighted by molar-refractivity contribution is 6.24. The van der Waals surface area contributed by atoms with E-state index in [9.17, 15) is 29.1 Å². The van der Waals surface area contributed by atoms with Crippen molar-refractivity contribution in [2.75, 3.05) is 67.3 Å². The summed E-state index contributed by atoms with van der Waals surface area (Å²) in [5.41, 5.74) is 0.260. The highest BCUT2D eigenvalue weighted by Crippen LogP contribution is 2.31. The number of nitrogens with one attached hydrogen (secondary N) is 2. The van der Waals surface area contributed by atoms with Crippen molar-refractivity contribution in [3.05, 3.63) is 65.7 Å². The first kappa shape index (κ1) is 58.8. The van der Waals surface area contributed by atoms with Gasteiger partial charge < -0.3 is 72.6 Å². The zero-order valence-electron chi connectivity index (χ0n) is 43.3. The maximum Gasteiger partial charge on any atom is 0.331 e. The van der Waals surface area contributed by atoms with Crippen molar-refractivity contribution in [2.45, 2.75) is 121 Å². The Kier molecular flexibility index (Phi) is 22.7. The molecule has 5 rings (SSSR count). The first-order valence-corrected chi connectivity index (χ1v) is 24.7. The molecule has 0 bridgehead atoms. The molecule has 2 amide bonds. The number of unbranched alkanes of at least 4 members (excludes halogenated alkanes) is 1. The number of carbonyl (C=O) groups is 5. The number of benzene rings is 1. The summed E-state index contributed by atoms with van der Waals surface area (Å²) < 4.78 is 70.0. The number of hydrogen-bond acceptors (Lipinski definition) is 20. The Labute approximate surface area is 435 Å². The standard InChI is InChI=1S/C51H69ClN4O18/c1-10-11-20-67-39-25-65-23-35(55-47(59)41-43(58)37(63-8)16-18-53-41)49(61)72-30(4)44(39)69-27-51(7,52)21-33-12-14-34(15-13-33)74-40-26-66-24-36(50(62)73-31(5)45(40)68-22-29(2)3)56-48(60)42-46(71-28-70-32(6)57)38(64-9)17-19-54-42/h12-19,29-31,35-36,39-40,44-45,58H,10-11,20-28H2,1-9H3,(H,55,59)(H,56,60). The molecule has 2 aliphatic heterocycles. The van der Waals surface area contributed by atoms with Crippen molar-refractivity contribution in [1.29, 1.82) is 0 Å².